The standard InChI is InChI=1S/C17H14N2.C15H14N2.C13H16BNO2.C9H13N.C3H5Cl.CH2O3.2Na.H/c1-11-9-15-13-5-3-4-6-14(13)17-18-7-8-19(17)16(15)10-12(11)2;1-9-7-13-11-5-3-4-6-12(11)15(16)17-14(13)8-10(9)2;1-12(2)13(3,4)17-14(16-12)11-8-6-5-7-10(11)9-15;1-6-4-8(3)9(10)5-7(6)2;1-2-3-4;2-1-4-3;;;/h3-10H,1-2H3;3-8H,1-2H3,(H2,16,17);5-8H,1-4H3;4-5H,10H2,1-3H3;2H,1,3H2;1,3H;;;/q;;;;;;2*+1;-1/p-1. The second kappa shape index (κ2) is 27.9. The summed E-state index contributed by atoms with van der Waals surface area (Å²) in [5, 5.41) is 24.7. The molecule has 10 rings (SSSR count). The molecule has 73 heavy (non-hydrogen) atoms. The van der Waals surface area contributed by atoms with E-state index in [0.717, 1.165) is 27.7 Å². The van der Waals surface area contributed by atoms with Crippen molar-refractivity contribution in [3.63, 3.8) is 0 Å². The van der Waals surface area contributed by atoms with E-state index in [4.69, 9.17) is 47.7 Å². The van der Waals surface area contributed by atoms with Gasteiger partial charge in [-0.25, -0.2) is 9.97 Å². The number of imidazole rings is 1. The van der Waals surface area contributed by atoms with Crippen molar-refractivity contribution in [2.75, 3.05) is 17.3 Å². The number of nitrogens with zero attached hydrogens (tertiary/aromatic N) is 4. The van der Waals surface area contributed by atoms with Crippen molar-refractivity contribution >= 4 is 91.2 Å². The van der Waals surface area contributed by atoms with E-state index in [1.807, 2.05) is 89.5 Å². The van der Waals surface area contributed by atoms with Gasteiger partial charge in [-0.2, -0.15) is 5.26 Å². The Morgan fingerprint density at radius 3 is 1.74 bits per heavy atom. The third kappa shape index (κ3) is 15.0. The number of nitrogens with two attached hydrogens (primary N) is 2. The Hall–Kier alpha value is -5.27. The van der Waals surface area contributed by atoms with Crippen molar-refractivity contribution in [1.82, 2.24) is 14.4 Å². The zero-order chi connectivity index (χ0) is 52.2. The first-order valence-corrected chi connectivity index (χ1v) is 23.6. The van der Waals surface area contributed by atoms with E-state index in [1.54, 1.807) is 12.1 Å². The van der Waals surface area contributed by atoms with E-state index in [0.29, 0.717) is 17.3 Å². The van der Waals surface area contributed by atoms with Gasteiger partial charge in [0, 0.05) is 51.0 Å². The first-order valence-electron chi connectivity index (χ1n) is 23.1. The Labute approximate surface area is 481 Å². The van der Waals surface area contributed by atoms with Crippen LogP contribution in [0, 0.1) is 59.8 Å². The Kier molecular flexibility index (Phi) is 23.7. The van der Waals surface area contributed by atoms with E-state index in [-0.39, 0.29) is 78.2 Å². The van der Waals surface area contributed by atoms with Crippen molar-refractivity contribution in [3.05, 3.63) is 179 Å². The SMILES string of the molecule is C=CCCl.CC1(C)OB(c2ccccc2C#N)OC1(C)C.Cc1cc(C)c(N)cc1C.Cc1cc2c3ccccc3c3nccn3c2cc1C.Cc1cc2nc(N)c3ccccc3c2cc1C.O=CO[O-].[H-].[Na+].[Na+]. The summed E-state index contributed by atoms with van der Waals surface area (Å²) in [4.78, 5) is 20.2. The molecule has 1 fully saturated rings. The van der Waals surface area contributed by atoms with E-state index in [1.165, 1.54) is 71.4 Å². The second-order valence-corrected chi connectivity index (χ2v) is 18.6. The number of carbonyl (C=O) groups is 1. The topological polar surface area (TPSA) is 174 Å². The van der Waals surface area contributed by atoms with E-state index >= 15 is 0 Å². The fraction of sp³-hybridized carbons (Fsp3) is 0.241. The number of pyridine rings is 2. The van der Waals surface area contributed by atoms with E-state index in [9.17, 15) is 0 Å². The molecule has 9 aromatic rings. The summed E-state index contributed by atoms with van der Waals surface area (Å²) in [6.45, 7) is 25.9. The molecule has 0 radical (unpaired) electrons. The molecule has 1 aliphatic heterocycles. The molecule has 1 saturated heterocycles. The number of nitriles is 1. The molecule has 0 saturated carbocycles. The van der Waals surface area contributed by atoms with Gasteiger partial charge in [-0.1, -0.05) is 78.9 Å². The van der Waals surface area contributed by atoms with Gasteiger partial charge in [0.15, 0.2) is 0 Å². The largest absolute Gasteiger partial charge is 1.00 e. The molecular formula is C58H64BClN6Na2O5. The monoisotopic (exact) mass is 1020 g/mol. The molecule has 0 amide bonds. The molecule has 0 spiro atoms. The Balaban J connectivity index is 0.000000323. The predicted molar refractivity (Wildman–Crippen MR) is 294 cm³/mol. The molecule has 11 nitrogen and oxygen atoms in total. The molecule has 15 heteroatoms. The Morgan fingerprint density at radius 2 is 1.19 bits per heavy atom. The minimum absolute atomic E-state index is 0. The van der Waals surface area contributed by atoms with E-state index in [2.05, 4.69) is 134 Å². The first-order chi connectivity index (χ1) is 33.7. The van der Waals surface area contributed by atoms with Crippen molar-refractivity contribution in [2.45, 2.75) is 87.4 Å². The molecule has 0 bridgehead atoms. The number of hydrogen-bond donors (Lipinski definition) is 2. The van der Waals surface area contributed by atoms with Gasteiger partial charge >= 0.3 is 66.2 Å². The van der Waals surface area contributed by atoms with Gasteiger partial charge in [-0.15, -0.1) is 18.2 Å². The quantitative estimate of drug-likeness (QED) is 0.0319. The van der Waals surface area contributed by atoms with Crippen molar-refractivity contribution in [2.24, 2.45) is 0 Å². The van der Waals surface area contributed by atoms with Crippen LogP contribution >= 0.6 is 11.6 Å². The minimum atomic E-state index is -0.462. The number of allylic oxidation sites excluding steroid dienone is 1. The predicted octanol–water partition coefficient (Wildman–Crippen LogP) is 5.86. The number of fused-ring (bicyclic) bond motifs is 9. The molecule has 3 aromatic heterocycles. The van der Waals surface area contributed by atoms with Crippen LogP contribution in [0.1, 0.15) is 73.6 Å². The van der Waals surface area contributed by atoms with Crippen LogP contribution in [0.3, 0.4) is 0 Å². The molecule has 368 valence electrons. The maximum Gasteiger partial charge on any atom is 1.00 e. The number of benzene rings is 6. The Bertz CT molecular complexity index is 3330. The number of rotatable bonds is 3. The van der Waals surface area contributed by atoms with Crippen LogP contribution in [-0.4, -0.2) is 45.0 Å². The van der Waals surface area contributed by atoms with Crippen molar-refractivity contribution in [1.29, 1.82) is 5.26 Å². The summed E-state index contributed by atoms with van der Waals surface area (Å²) in [7, 11) is -0.462. The average molecular weight is 1020 g/mol. The van der Waals surface area contributed by atoms with Crippen LogP contribution in [0.5, 0.6) is 0 Å². The summed E-state index contributed by atoms with van der Waals surface area (Å²) in [6.07, 6.45) is 5.55. The number of halogens is 1. The fourth-order valence-electron chi connectivity index (χ4n) is 7.82. The van der Waals surface area contributed by atoms with Crippen LogP contribution < -0.4 is 81.3 Å². The molecule has 0 atom stereocenters. The molecule has 0 aliphatic carbocycles. The van der Waals surface area contributed by atoms with Gasteiger partial charge in [-0.3, -0.25) is 9.20 Å². The molecule has 4 heterocycles. The van der Waals surface area contributed by atoms with Crippen molar-refractivity contribution < 1.29 is 84.8 Å². The summed E-state index contributed by atoms with van der Waals surface area (Å²) in [5.41, 5.74) is 25.4. The normalized spacial score (nSPS) is 12.6. The van der Waals surface area contributed by atoms with Gasteiger partial charge in [0.25, 0.3) is 6.47 Å². The number of nitrogen functional groups attached to an aromatic ring is 2. The number of hydrogen-bond acceptors (Lipinski definition) is 10. The van der Waals surface area contributed by atoms with Gasteiger partial charge in [0.1, 0.15) is 11.5 Å². The second-order valence-electron chi connectivity index (χ2n) is 18.3. The molecule has 6 aromatic carbocycles. The molecule has 4 N–H and O–H groups in total. The number of aromatic nitrogens is 3. The average Bonchev–Trinajstić information content (AvgIpc) is 3.94. The summed E-state index contributed by atoms with van der Waals surface area (Å²) >= 11 is 5.07. The minimum Gasteiger partial charge on any atom is -1.00 e. The molecule has 0 unspecified atom stereocenters. The first kappa shape index (κ1) is 62.0. The number of anilines is 2. The summed E-state index contributed by atoms with van der Waals surface area (Å²) in [5.74, 6) is 1.16. The third-order valence-electron chi connectivity index (χ3n) is 12.9. The van der Waals surface area contributed by atoms with Crippen LogP contribution in [0.15, 0.2) is 134 Å². The zero-order valence-electron chi connectivity index (χ0n) is 45.6. The number of carbonyl (C=O) groups excluding carboxylic acids is 1. The van der Waals surface area contributed by atoms with Crippen LogP contribution in [0.2, 0.25) is 0 Å². The molecule has 1 aliphatic rings. The van der Waals surface area contributed by atoms with E-state index < -0.39 is 7.12 Å². The smallest absolute Gasteiger partial charge is 1.00 e. The summed E-state index contributed by atoms with van der Waals surface area (Å²) in [6, 6.07) is 39.2. The van der Waals surface area contributed by atoms with Gasteiger partial charge in [0.05, 0.1) is 33.9 Å². The van der Waals surface area contributed by atoms with Gasteiger partial charge in [-0.05, 0) is 162 Å². The third-order valence-corrected chi connectivity index (χ3v) is 13.2. The van der Waals surface area contributed by atoms with Crippen LogP contribution in [0.25, 0.3) is 49.0 Å². The number of alkyl halides is 1. The van der Waals surface area contributed by atoms with Crippen LogP contribution in [-0.2, 0) is 19.0 Å². The van der Waals surface area contributed by atoms with Gasteiger partial charge < -0.3 is 32.3 Å². The zero-order valence-corrected chi connectivity index (χ0v) is 49.3. The summed E-state index contributed by atoms with van der Waals surface area (Å²) < 4.78 is 14.0. The number of aryl methyl sites for hydroxylation is 7. The van der Waals surface area contributed by atoms with Gasteiger partial charge in [0.2, 0.25) is 0 Å². The maximum atomic E-state index is 9.08. The maximum absolute atomic E-state index is 9.08. The van der Waals surface area contributed by atoms with Crippen LogP contribution in [0.4, 0.5) is 11.5 Å². The fourth-order valence-corrected chi connectivity index (χ4v) is 7.82. The van der Waals surface area contributed by atoms with Crippen molar-refractivity contribution in [3.8, 4) is 6.07 Å². The molecular weight excluding hydrogens is 953 g/mol. The Morgan fingerprint density at radius 1 is 0.726 bits per heavy atom.